The lowest BCUT2D eigenvalue weighted by molar-refractivity contribution is -0.135. The first-order valence-electron chi connectivity index (χ1n) is 8.21. The average Bonchev–Trinajstić information content (AvgIpc) is 2.93. The van der Waals surface area contributed by atoms with Crippen LogP contribution in [0.3, 0.4) is 0 Å². The monoisotopic (exact) mass is 349 g/mol. The van der Waals surface area contributed by atoms with Crippen molar-refractivity contribution in [1.82, 2.24) is 14.7 Å². The molecule has 2 amide bonds. The predicted octanol–water partition coefficient (Wildman–Crippen LogP) is 1.78. The second-order valence-electron chi connectivity index (χ2n) is 6.59. The molecule has 24 heavy (non-hydrogen) atoms. The van der Waals surface area contributed by atoms with Crippen LogP contribution in [0, 0.1) is 5.92 Å². The van der Waals surface area contributed by atoms with Gasteiger partial charge >= 0.3 is 0 Å². The summed E-state index contributed by atoms with van der Waals surface area (Å²) in [7, 11) is 5.79. The minimum absolute atomic E-state index is 0.0604. The van der Waals surface area contributed by atoms with Gasteiger partial charge in [-0.25, -0.2) is 0 Å². The fourth-order valence-electron chi connectivity index (χ4n) is 2.91. The van der Waals surface area contributed by atoms with Crippen molar-refractivity contribution in [2.24, 2.45) is 5.92 Å². The Balaban J connectivity index is 1.92. The first-order chi connectivity index (χ1) is 11.4. The molecule has 0 aliphatic carbocycles. The Morgan fingerprint density at radius 1 is 1.33 bits per heavy atom. The van der Waals surface area contributed by atoms with Gasteiger partial charge in [0.05, 0.1) is 5.92 Å². The molecule has 0 N–H and O–H groups in total. The molecular weight excluding hydrogens is 322 g/mol. The number of amides is 2. The minimum atomic E-state index is -0.214. The van der Waals surface area contributed by atoms with Crippen molar-refractivity contribution in [2.75, 3.05) is 47.0 Å². The van der Waals surface area contributed by atoms with E-state index in [0.717, 1.165) is 12.1 Å². The number of likely N-dealkylation sites (N-methyl/N-ethyl adjacent to an activating group) is 1. The molecule has 1 heterocycles. The Morgan fingerprint density at radius 2 is 2.08 bits per heavy atom. The molecule has 2 rings (SSSR count). The summed E-state index contributed by atoms with van der Waals surface area (Å²) in [5, 5.41) is 0. The molecule has 0 spiro atoms. The van der Waals surface area contributed by atoms with Gasteiger partial charge in [0.1, 0.15) is 0 Å². The highest BCUT2D eigenvalue weighted by Crippen LogP contribution is 2.21. The zero-order chi connectivity index (χ0) is 17.7. The van der Waals surface area contributed by atoms with Gasteiger partial charge in [-0.3, -0.25) is 9.59 Å². The summed E-state index contributed by atoms with van der Waals surface area (Å²) >= 11 is 1.69. The van der Waals surface area contributed by atoms with Gasteiger partial charge in [0.15, 0.2) is 0 Å². The highest BCUT2D eigenvalue weighted by Gasteiger charge is 2.35. The van der Waals surface area contributed by atoms with Gasteiger partial charge in [-0.1, -0.05) is 12.1 Å². The van der Waals surface area contributed by atoms with E-state index in [4.69, 9.17) is 0 Å². The molecule has 0 radical (unpaired) electrons. The zero-order valence-electron chi connectivity index (χ0n) is 15.0. The summed E-state index contributed by atoms with van der Waals surface area (Å²) in [6.07, 6.45) is 2.38. The Labute approximate surface area is 149 Å². The number of nitrogens with zero attached hydrogens (tertiary/aromatic N) is 3. The highest BCUT2D eigenvalue weighted by atomic mass is 32.2. The average molecular weight is 350 g/mol. The molecule has 1 saturated heterocycles. The zero-order valence-corrected chi connectivity index (χ0v) is 15.8. The second-order valence-corrected chi connectivity index (χ2v) is 7.47. The smallest absolute Gasteiger partial charge is 0.228 e. The van der Waals surface area contributed by atoms with Crippen LogP contribution in [-0.4, -0.2) is 73.5 Å². The van der Waals surface area contributed by atoms with Crippen LogP contribution in [0.25, 0.3) is 0 Å². The maximum absolute atomic E-state index is 12.7. The summed E-state index contributed by atoms with van der Waals surface area (Å²) in [4.78, 5) is 31.6. The largest absolute Gasteiger partial charge is 0.341 e. The number of carbonyl (C=O) groups excluding carboxylic acids is 2. The number of hydrogen-bond acceptors (Lipinski definition) is 4. The molecule has 1 atom stereocenters. The minimum Gasteiger partial charge on any atom is -0.341 e. The number of thioether (sulfide) groups is 1. The van der Waals surface area contributed by atoms with Crippen LogP contribution in [0.15, 0.2) is 29.2 Å². The van der Waals surface area contributed by atoms with Gasteiger partial charge < -0.3 is 14.7 Å². The summed E-state index contributed by atoms with van der Waals surface area (Å²) in [5.74, 6) is -0.0633. The molecule has 0 aromatic heterocycles. The standard InChI is InChI=1S/C18H27N3O2S/c1-19(2)8-9-21-13-15(11-17(21)22)18(23)20(3)12-14-6-5-7-16(10-14)24-4/h5-7,10,15H,8-9,11-13H2,1-4H3/t15-/m1/s1. The number of benzene rings is 1. The third-order valence-electron chi connectivity index (χ3n) is 4.31. The second kappa shape index (κ2) is 8.53. The summed E-state index contributed by atoms with van der Waals surface area (Å²) in [6, 6.07) is 8.22. The van der Waals surface area contributed by atoms with Crippen LogP contribution in [0.2, 0.25) is 0 Å². The van der Waals surface area contributed by atoms with Gasteiger partial charge in [0.2, 0.25) is 11.8 Å². The van der Waals surface area contributed by atoms with E-state index >= 15 is 0 Å². The Kier molecular flexibility index (Phi) is 6.69. The lowest BCUT2D eigenvalue weighted by Crippen LogP contribution is -2.36. The topological polar surface area (TPSA) is 43.9 Å². The maximum atomic E-state index is 12.7. The Bertz CT molecular complexity index is 591. The summed E-state index contributed by atoms with van der Waals surface area (Å²) < 4.78 is 0. The first kappa shape index (κ1) is 18.8. The van der Waals surface area contributed by atoms with Crippen LogP contribution in [0.1, 0.15) is 12.0 Å². The molecule has 5 nitrogen and oxygen atoms in total. The molecule has 1 aromatic rings. The molecule has 1 aromatic carbocycles. The van der Waals surface area contributed by atoms with Crippen molar-refractivity contribution in [1.29, 1.82) is 0 Å². The molecule has 0 saturated carbocycles. The molecular formula is C18H27N3O2S. The van der Waals surface area contributed by atoms with E-state index in [1.807, 2.05) is 49.3 Å². The van der Waals surface area contributed by atoms with Gasteiger partial charge in [-0.05, 0) is 38.0 Å². The Hall–Kier alpha value is -1.53. The molecule has 132 valence electrons. The SMILES string of the molecule is CSc1cccc(CN(C)C(=O)[C@@H]2CC(=O)N(CCN(C)C)C2)c1. The third kappa shape index (κ3) is 4.98. The maximum Gasteiger partial charge on any atom is 0.228 e. The van der Waals surface area contributed by atoms with Crippen LogP contribution in [0.5, 0.6) is 0 Å². The van der Waals surface area contributed by atoms with Crippen molar-refractivity contribution < 1.29 is 9.59 Å². The van der Waals surface area contributed by atoms with Gasteiger partial charge in [-0.15, -0.1) is 11.8 Å². The van der Waals surface area contributed by atoms with Gasteiger partial charge in [0, 0.05) is 44.5 Å². The van der Waals surface area contributed by atoms with Crippen molar-refractivity contribution in [3.05, 3.63) is 29.8 Å². The van der Waals surface area contributed by atoms with Crippen LogP contribution >= 0.6 is 11.8 Å². The normalized spacial score (nSPS) is 17.6. The fraction of sp³-hybridized carbons (Fsp3) is 0.556. The third-order valence-corrected chi connectivity index (χ3v) is 5.04. The van der Waals surface area contributed by atoms with Crippen molar-refractivity contribution in [2.45, 2.75) is 17.9 Å². The van der Waals surface area contributed by atoms with Crippen molar-refractivity contribution >= 4 is 23.6 Å². The van der Waals surface area contributed by atoms with Gasteiger partial charge in [0.25, 0.3) is 0 Å². The van der Waals surface area contributed by atoms with Gasteiger partial charge in [-0.2, -0.15) is 0 Å². The van der Waals surface area contributed by atoms with E-state index in [1.165, 1.54) is 4.90 Å². The molecule has 1 aliphatic heterocycles. The molecule has 0 bridgehead atoms. The van der Waals surface area contributed by atoms with Crippen LogP contribution in [-0.2, 0) is 16.1 Å². The summed E-state index contributed by atoms with van der Waals surface area (Å²) in [5.41, 5.74) is 1.12. The number of rotatable bonds is 7. The molecule has 1 fully saturated rings. The Morgan fingerprint density at radius 3 is 2.75 bits per heavy atom. The van der Waals surface area contributed by atoms with Crippen molar-refractivity contribution in [3.63, 3.8) is 0 Å². The lowest BCUT2D eigenvalue weighted by atomic mass is 10.1. The van der Waals surface area contributed by atoms with E-state index < -0.39 is 0 Å². The predicted molar refractivity (Wildman–Crippen MR) is 97.9 cm³/mol. The quantitative estimate of drug-likeness (QED) is 0.704. The van der Waals surface area contributed by atoms with Crippen LogP contribution in [0.4, 0.5) is 0 Å². The van der Waals surface area contributed by atoms with E-state index in [0.29, 0.717) is 26.1 Å². The number of likely N-dealkylation sites (tertiary alicyclic amines) is 1. The van der Waals surface area contributed by atoms with Crippen molar-refractivity contribution in [3.8, 4) is 0 Å². The molecule has 1 aliphatic rings. The highest BCUT2D eigenvalue weighted by molar-refractivity contribution is 7.98. The first-order valence-corrected chi connectivity index (χ1v) is 9.43. The van der Waals surface area contributed by atoms with Crippen LogP contribution < -0.4 is 0 Å². The van der Waals surface area contributed by atoms with E-state index in [-0.39, 0.29) is 17.7 Å². The van der Waals surface area contributed by atoms with E-state index in [9.17, 15) is 9.59 Å². The molecule has 6 heteroatoms. The van der Waals surface area contributed by atoms with E-state index in [1.54, 1.807) is 16.7 Å². The number of carbonyl (C=O) groups is 2. The van der Waals surface area contributed by atoms with E-state index in [2.05, 4.69) is 12.1 Å². The lowest BCUT2D eigenvalue weighted by Gasteiger charge is -2.22. The number of hydrogen-bond donors (Lipinski definition) is 0. The fourth-order valence-corrected chi connectivity index (χ4v) is 3.39. The molecule has 0 unspecified atom stereocenters. The summed E-state index contributed by atoms with van der Waals surface area (Å²) in [6.45, 7) is 2.63.